The second-order valence-electron chi connectivity index (χ2n) is 5.64. The van der Waals surface area contributed by atoms with Crippen molar-refractivity contribution in [2.24, 2.45) is 5.10 Å². The molecule has 2 aromatic carbocycles. The van der Waals surface area contributed by atoms with E-state index < -0.39 is 0 Å². The van der Waals surface area contributed by atoms with Crippen molar-refractivity contribution < 1.29 is 9.59 Å². The number of anilines is 1. The molecule has 3 rings (SSSR count). The fourth-order valence-corrected chi connectivity index (χ4v) is 2.69. The third-order valence-electron chi connectivity index (χ3n) is 4.00. The Balaban J connectivity index is 1.79. The molecule has 0 spiro atoms. The van der Waals surface area contributed by atoms with Gasteiger partial charge in [0.2, 0.25) is 5.78 Å². The number of aryl methyl sites for hydroxylation is 1. The van der Waals surface area contributed by atoms with Gasteiger partial charge in [0.1, 0.15) is 5.71 Å². The van der Waals surface area contributed by atoms with E-state index in [4.69, 9.17) is 0 Å². The number of hydrogen-bond acceptors (Lipinski definition) is 4. The number of hydrazone groups is 1. The third kappa shape index (κ3) is 3.37. The largest absolute Gasteiger partial charge is 0.295 e. The highest BCUT2D eigenvalue weighted by Crippen LogP contribution is 2.19. The number of fused-ring (bicyclic) bond motifs is 1. The summed E-state index contributed by atoms with van der Waals surface area (Å²) in [6, 6.07) is 14.8. The Kier molecular flexibility index (Phi) is 4.33. The molecule has 0 amide bonds. The van der Waals surface area contributed by atoms with E-state index in [1.54, 1.807) is 24.3 Å². The summed E-state index contributed by atoms with van der Waals surface area (Å²) in [4.78, 5) is 23.9. The molecule has 0 atom stereocenters. The first-order valence-corrected chi connectivity index (χ1v) is 7.71. The Morgan fingerprint density at radius 3 is 2.52 bits per heavy atom. The summed E-state index contributed by atoms with van der Waals surface area (Å²) in [5.74, 6) is 0.0179. The second-order valence-corrected chi connectivity index (χ2v) is 5.64. The lowest BCUT2D eigenvalue weighted by Gasteiger charge is -2.06. The van der Waals surface area contributed by atoms with Crippen LogP contribution in [0.1, 0.15) is 46.0 Å². The maximum atomic E-state index is 12.6. The van der Waals surface area contributed by atoms with Gasteiger partial charge in [-0.05, 0) is 56.0 Å². The van der Waals surface area contributed by atoms with E-state index >= 15 is 0 Å². The van der Waals surface area contributed by atoms with Crippen LogP contribution >= 0.6 is 0 Å². The van der Waals surface area contributed by atoms with Gasteiger partial charge < -0.3 is 0 Å². The van der Waals surface area contributed by atoms with Gasteiger partial charge in [0.25, 0.3) is 0 Å². The number of benzene rings is 2. The highest BCUT2D eigenvalue weighted by Gasteiger charge is 2.20. The van der Waals surface area contributed by atoms with Gasteiger partial charge in [-0.25, -0.2) is 0 Å². The highest BCUT2D eigenvalue weighted by molar-refractivity contribution is 6.46. The second kappa shape index (κ2) is 6.57. The first-order chi connectivity index (χ1) is 11.1. The van der Waals surface area contributed by atoms with Gasteiger partial charge in [0, 0.05) is 11.1 Å². The smallest absolute Gasteiger partial charge is 0.209 e. The molecular formula is C19H18N2O2. The quantitative estimate of drug-likeness (QED) is 0.532. The zero-order chi connectivity index (χ0) is 16.2. The van der Waals surface area contributed by atoms with Crippen molar-refractivity contribution in [3.63, 3.8) is 0 Å². The van der Waals surface area contributed by atoms with E-state index in [-0.39, 0.29) is 11.6 Å². The minimum atomic E-state index is -0.00837. The fourth-order valence-electron chi connectivity index (χ4n) is 2.69. The first-order valence-electron chi connectivity index (χ1n) is 7.71. The molecule has 2 aromatic rings. The van der Waals surface area contributed by atoms with Crippen molar-refractivity contribution in [3.8, 4) is 0 Å². The van der Waals surface area contributed by atoms with Crippen molar-refractivity contribution in [1.82, 2.24) is 0 Å². The molecule has 0 fully saturated rings. The predicted molar refractivity (Wildman–Crippen MR) is 91.2 cm³/mol. The lowest BCUT2D eigenvalue weighted by molar-refractivity contribution is 0.101. The number of nitrogens with one attached hydrogen (secondary N) is 1. The zero-order valence-electron chi connectivity index (χ0n) is 13.0. The molecule has 0 radical (unpaired) electrons. The van der Waals surface area contributed by atoms with Crippen LogP contribution in [0.5, 0.6) is 0 Å². The van der Waals surface area contributed by atoms with Crippen LogP contribution in [0.15, 0.2) is 53.6 Å². The van der Waals surface area contributed by atoms with E-state index in [0.717, 1.165) is 29.7 Å². The molecule has 1 aliphatic carbocycles. The monoisotopic (exact) mass is 306 g/mol. The molecule has 0 aliphatic heterocycles. The summed E-state index contributed by atoms with van der Waals surface area (Å²) in [5, 5.41) is 4.30. The van der Waals surface area contributed by atoms with E-state index in [1.807, 2.05) is 24.3 Å². The molecular weight excluding hydrogens is 288 g/mol. The zero-order valence-corrected chi connectivity index (χ0v) is 13.0. The molecule has 23 heavy (non-hydrogen) atoms. The van der Waals surface area contributed by atoms with Gasteiger partial charge in [0.05, 0.1) is 5.69 Å². The fraction of sp³-hybridized carbons (Fsp3) is 0.211. The predicted octanol–water partition coefficient (Wildman–Crippen LogP) is 3.88. The number of nitrogens with zero attached hydrogens (tertiary/aromatic N) is 1. The Bertz CT molecular complexity index is 776. The summed E-state index contributed by atoms with van der Waals surface area (Å²) in [5.41, 5.74) is 6.72. The van der Waals surface area contributed by atoms with Crippen LogP contribution in [0.25, 0.3) is 0 Å². The van der Waals surface area contributed by atoms with Crippen LogP contribution < -0.4 is 5.43 Å². The Labute approximate surface area is 135 Å². The van der Waals surface area contributed by atoms with Crippen molar-refractivity contribution >= 4 is 23.0 Å². The molecule has 0 aromatic heterocycles. The van der Waals surface area contributed by atoms with Crippen LogP contribution in [-0.2, 0) is 6.42 Å². The number of carbonyl (C=O) groups is 2. The van der Waals surface area contributed by atoms with Crippen LogP contribution in [0.2, 0.25) is 0 Å². The number of hydrogen-bond donors (Lipinski definition) is 1. The highest BCUT2D eigenvalue weighted by atomic mass is 16.1. The summed E-state index contributed by atoms with van der Waals surface area (Å²) in [6.45, 7) is 1.53. The molecule has 0 bridgehead atoms. The lowest BCUT2D eigenvalue weighted by Crippen LogP contribution is -2.15. The van der Waals surface area contributed by atoms with Crippen molar-refractivity contribution in [2.75, 3.05) is 5.43 Å². The van der Waals surface area contributed by atoms with Gasteiger partial charge in [-0.15, -0.1) is 0 Å². The van der Waals surface area contributed by atoms with E-state index in [1.165, 1.54) is 6.92 Å². The van der Waals surface area contributed by atoms with Crippen molar-refractivity contribution in [3.05, 3.63) is 65.2 Å². The van der Waals surface area contributed by atoms with E-state index in [9.17, 15) is 9.59 Å². The topological polar surface area (TPSA) is 58.5 Å². The molecule has 0 unspecified atom stereocenters. The van der Waals surface area contributed by atoms with Crippen molar-refractivity contribution in [2.45, 2.75) is 26.2 Å². The van der Waals surface area contributed by atoms with Gasteiger partial charge in [-0.2, -0.15) is 5.10 Å². The summed E-state index contributed by atoms with van der Waals surface area (Å²) in [6.07, 6.45) is 2.47. The minimum absolute atomic E-state index is 0.00837. The number of carbonyl (C=O) groups excluding carboxylic acids is 2. The Morgan fingerprint density at radius 1 is 1.04 bits per heavy atom. The van der Waals surface area contributed by atoms with Gasteiger partial charge >= 0.3 is 0 Å². The standard InChI is InChI=1S/C19H18N2O2/c1-13(22)14-9-11-16(12-10-14)20-21-18-8-4-6-15-5-2-3-7-17(15)19(18)23/h2-3,5,7,9-12,20H,4,6,8H2,1H3/b21-18+. The summed E-state index contributed by atoms with van der Waals surface area (Å²) >= 11 is 0. The molecule has 4 heteroatoms. The molecule has 0 saturated carbocycles. The van der Waals surface area contributed by atoms with Crippen LogP contribution in [0.3, 0.4) is 0 Å². The average molecular weight is 306 g/mol. The first kappa shape index (κ1) is 15.2. The van der Waals surface area contributed by atoms with Gasteiger partial charge in [-0.3, -0.25) is 15.0 Å². The normalized spacial score (nSPS) is 15.9. The maximum absolute atomic E-state index is 12.6. The molecule has 1 aliphatic rings. The average Bonchev–Trinajstić information content (AvgIpc) is 2.73. The van der Waals surface area contributed by atoms with E-state index in [0.29, 0.717) is 17.7 Å². The number of Topliss-reactive ketones (excluding diaryl/α,β-unsaturated/α-hetero) is 2. The van der Waals surface area contributed by atoms with Gasteiger partial charge in [-0.1, -0.05) is 24.3 Å². The molecule has 0 heterocycles. The van der Waals surface area contributed by atoms with Crippen LogP contribution in [0.4, 0.5) is 5.69 Å². The van der Waals surface area contributed by atoms with Gasteiger partial charge in [0.15, 0.2) is 5.78 Å². The van der Waals surface area contributed by atoms with Crippen LogP contribution in [0, 0.1) is 0 Å². The maximum Gasteiger partial charge on any atom is 0.209 e. The molecule has 4 nitrogen and oxygen atoms in total. The Hall–Kier alpha value is -2.75. The third-order valence-corrected chi connectivity index (χ3v) is 4.00. The number of ketones is 2. The molecule has 116 valence electrons. The van der Waals surface area contributed by atoms with Crippen LogP contribution in [-0.4, -0.2) is 17.3 Å². The van der Waals surface area contributed by atoms with E-state index in [2.05, 4.69) is 10.5 Å². The van der Waals surface area contributed by atoms with Crippen molar-refractivity contribution in [1.29, 1.82) is 0 Å². The SMILES string of the molecule is CC(=O)c1ccc(N/N=C2\CCCc3ccccc3C2=O)cc1. The molecule has 1 N–H and O–H groups in total. The minimum Gasteiger partial charge on any atom is -0.295 e. The Morgan fingerprint density at radius 2 is 1.78 bits per heavy atom. The number of rotatable bonds is 3. The summed E-state index contributed by atoms with van der Waals surface area (Å²) in [7, 11) is 0. The lowest BCUT2D eigenvalue weighted by atomic mass is 10.0. The summed E-state index contributed by atoms with van der Waals surface area (Å²) < 4.78 is 0. The molecule has 0 saturated heterocycles.